The van der Waals surface area contributed by atoms with E-state index in [1.807, 2.05) is 13.8 Å². The zero-order valence-corrected chi connectivity index (χ0v) is 10.2. The minimum atomic E-state index is -0.00381. The van der Waals surface area contributed by atoms with Crippen LogP contribution < -0.4 is 5.32 Å². The molecule has 0 saturated carbocycles. The Labute approximate surface area is 99.6 Å². The van der Waals surface area contributed by atoms with Crippen LogP contribution in [0.15, 0.2) is 18.2 Å². The van der Waals surface area contributed by atoms with Crippen molar-refractivity contribution in [3.8, 4) is 0 Å². The Balaban J connectivity index is 2.73. The van der Waals surface area contributed by atoms with Gasteiger partial charge in [-0.15, -0.1) is 0 Å². The third kappa shape index (κ3) is 3.40. The van der Waals surface area contributed by atoms with E-state index in [4.69, 9.17) is 23.2 Å². The number of hydrogen-bond acceptors (Lipinski definition) is 1. The fourth-order valence-electron chi connectivity index (χ4n) is 1.02. The van der Waals surface area contributed by atoms with Crippen LogP contribution in [0, 0.1) is 5.92 Å². The molecule has 0 aliphatic rings. The smallest absolute Gasteiger partial charge is 0.227 e. The predicted octanol–water partition coefficient (Wildman–Crippen LogP) is 3.98. The van der Waals surface area contributed by atoms with Crippen molar-refractivity contribution < 1.29 is 4.79 Å². The van der Waals surface area contributed by atoms with E-state index in [2.05, 4.69) is 5.32 Å². The second-order valence-corrected chi connectivity index (χ2v) is 4.24. The van der Waals surface area contributed by atoms with Crippen molar-refractivity contribution in [1.82, 2.24) is 0 Å². The van der Waals surface area contributed by atoms with Gasteiger partial charge < -0.3 is 5.32 Å². The quantitative estimate of drug-likeness (QED) is 0.858. The van der Waals surface area contributed by atoms with Crippen LogP contribution in [0.4, 0.5) is 5.69 Å². The van der Waals surface area contributed by atoms with Gasteiger partial charge in [0, 0.05) is 11.6 Å². The van der Waals surface area contributed by atoms with Gasteiger partial charge in [-0.05, 0) is 24.6 Å². The number of rotatable bonds is 3. The summed E-state index contributed by atoms with van der Waals surface area (Å²) in [6.07, 6.45) is 0.813. The van der Waals surface area contributed by atoms with Gasteiger partial charge in [-0.1, -0.05) is 37.0 Å². The average molecular weight is 246 g/mol. The van der Waals surface area contributed by atoms with Crippen LogP contribution >= 0.6 is 23.2 Å². The molecule has 0 aromatic heterocycles. The van der Waals surface area contributed by atoms with E-state index in [1.54, 1.807) is 18.2 Å². The van der Waals surface area contributed by atoms with Crippen molar-refractivity contribution in [2.45, 2.75) is 20.3 Å². The van der Waals surface area contributed by atoms with Gasteiger partial charge in [-0.2, -0.15) is 0 Å². The van der Waals surface area contributed by atoms with Gasteiger partial charge >= 0.3 is 0 Å². The zero-order valence-electron chi connectivity index (χ0n) is 8.68. The zero-order chi connectivity index (χ0) is 11.4. The number of hydrogen-bond donors (Lipinski definition) is 1. The molecule has 0 heterocycles. The summed E-state index contributed by atoms with van der Waals surface area (Å²) in [5.74, 6) is -0.00431. The fraction of sp³-hybridized carbons (Fsp3) is 0.364. The molecule has 1 rings (SSSR count). The minimum absolute atomic E-state index is 0.000506. The van der Waals surface area contributed by atoms with Crippen molar-refractivity contribution >= 4 is 34.8 Å². The van der Waals surface area contributed by atoms with Crippen LogP contribution in [0.3, 0.4) is 0 Å². The van der Waals surface area contributed by atoms with Gasteiger partial charge in [-0.25, -0.2) is 0 Å². The van der Waals surface area contributed by atoms with Gasteiger partial charge in [0.25, 0.3) is 0 Å². The summed E-state index contributed by atoms with van der Waals surface area (Å²) in [4.78, 5) is 11.6. The standard InChI is InChI=1S/C11H13Cl2NO/c1-3-7(2)11(15)14-8-4-5-9(12)10(13)6-8/h4-7H,3H2,1-2H3,(H,14,15)/t7-/m1/s1. The molecule has 1 aromatic rings. The topological polar surface area (TPSA) is 29.1 Å². The molecule has 0 fully saturated rings. The summed E-state index contributed by atoms with van der Waals surface area (Å²) in [7, 11) is 0. The lowest BCUT2D eigenvalue weighted by Crippen LogP contribution is -2.19. The monoisotopic (exact) mass is 245 g/mol. The highest BCUT2D eigenvalue weighted by Gasteiger charge is 2.10. The molecule has 1 N–H and O–H groups in total. The van der Waals surface area contributed by atoms with Crippen molar-refractivity contribution in [2.24, 2.45) is 5.92 Å². The first-order valence-electron chi connectivity index (χ1n) is 4.80. The number of carbonyl (C=O) groups excluding carboxylic acids is 1. The van der Waals surface area contributed by atoms with E-state index < -0.39 is 0 Å². The van der Waals surface area contributed by atoms with Gasteiger partial charge in [0.1, 0.15) is 0 Å². The minimum Gasteiger partial charge on any atom is -0.326 e. The Bertz CT molecular complexity index is 366. The molecule has 1 atom stereocenters. The molecule has 0 bridgehead atoms. The lowest BCUT2D eigenvalue weighted by molar-refractivity contribution is -0.119. The molecule has 0 saturated heterocycles. The first-order chi connectivity index (χ1) is 7.04. The van der Waals surface area contributed by atoms with E-state index in [-0.39, 0.29) is 11.8 Å². The van der Waals surface area contributed by atoms with Crippen molar-refractivity contribution in [3.63, 3.8) is 0 Å². The molecule has 0 spiro atoms. The van der Waals surface area contributed by atoms with Crippen LogP contribution in [-0.4, -0.2) is 5.91 Å². The maximum atomic E-state index is 11.6. The first kappa shape index (κ1) is 12.3. The second kappa shape index (κ2) is 5.38. The molecule has 82 valence electrons. The van der Waals surface area contributed by atoms with E-state index >= 15 is 0 Å². The lowest BCUT2D eigenvalue weighted by Gasteiger charge is -2.10. The van der Waals surface area contributed by atoms with E-state index in [1.165, 1.54) is 0 Å². The predicted molar refractivity (Wildman–Crippen MR) is 64.5 cm³/mol. The molecule has 1 aromatic carbocycles. The summed E-state index contributed by atoms with van der Waals surface area (Å²) >= 11 is 11.6. The summed E-state index contributed by atoms with van der Waals surface area (Å²) in [5.41, 5.74) is 0.676. The van der Waals surface area contributed by atoms with Crippen LogP contribution in [0.5, 0.6) is 0 Å². The maximum Gasteiger partial charge on any atom is 0.227 e. The van der Waals surface area contributed by atoms with Crippen molar-refractivity contribution in [1.29, 1.82) is 0 Å². The average Bonchev–Trinajstić information content (AvgIpc) is 2.22. The number of carbonyl (C=O) groups is 1. The van der Waals surface area contributed by atoms with Crippen LogP contribution in [0.1, 0.15) is 20.3 Å². The van der Waals surface area contributed by atoms with E-state index in [0.29, 0.717) is 15.7 Å². The highest BCUT2D eigenvalue weighted by atomic mass is 35.5. The van der Waals surface area contributed by atoms with Gasteiger partial charge in [0.05, 0.1) is 10.0 Å². The van der Waals surface area contributed by atoms with E-state index in [0.717, 1.165) is 6.42 Å². The van der Waals surface area contributed by atoms with Crippen LogP contribution in [0.25, 0.3) is 0 Å². The van der Waals surface area contributed by atoms with Crippen molar-refractivity contribution in [3.05, 3.63) is 28.2 Å². The number of amides is 1. The number of halogens is 2. The number of nitrogens with one attached hydrogen (secondary N) is 1. The lowest BCUT2D eigenvalue weighted by atomic mass is 10.1. The molecule has 0 aliphatic heterocycles. The number of anilines is 1. The van der Waals surface area contributed by atoms with Crippen molar-refractivity contribution in [2.75, 3.05) is 5.32 Å². The third-order valence-electron chi connectivity index (χ3n) is 2.25. The Morgan fingerprint density at radius 1 is 1.40 bits per heavy atom. The van der Waals surface area contributed by atoms with Gasteiger partial charge in [0.2, 0.25) is 5.91 Å². The van der Waals surface area contributed by atoms with Gasteiger partial charge in [0.15, 0.2) is 0 Å². The number of benzene rings is 1. The molecule has 0 unspecified atom stereocenters. The second-order valence-electron chi connectivity index (χ2n) is 3.43. The fourth-order valence-corrected chi connectivity index (χ4v) is 1.32. The molecule has 2 nitrogen and oxygen atoms in total. The van der Waals surface area contributed by atoms with Crippen LogP contribution in [0.2, 0.25) is 10.0 Å². The summed E-state index contributed by atoms with van der Waals surface area (Å²) < 4.78 is 0. The molecule has 0 aliphatic carbocycles. The third-order valence-corrected chi connectivity index (χ3v) is 2.99. The van der Waals surface area contributed by atoms with Crippen LogP contribution in [-0.2, 0) is 4.79 Å². The Morgan fingerprint density at radius 2 is 2.07 bits per heavy atom. The molecule has 0 radical (unpaired) electrons. The van der Waals surface area contributed by atoms with Gasteiger partial charge in [-0.3, -0.25) is 4.79 Å². The summed E-state index contributed by atoms with van der Waals surface area (Å²) in [5, 5.41) is 3.71. The normalized spacial score (nSPS) is 12.3. The highest BCUT2D eigenvalue weighted by molar-refractivity contribution is 6.42. The maximum absolute atomic E-state index is 11.6. The molecular formula is C11H13Cl2NO. The molecule has 1 amide bonds. The molecular weight excluding hydrogens is 233 g/mol. The first-order valence-corrected chi connectivity index (χ1v) is 5.56. The molecule has 15 heavy (non-hydrogen) atoms. The Kier molecular flexibility index (Phi) is 4.43. The highest BCUT2D eigenvalue weighted by Crippen LogP contribution is 2.25. The Morgan fingerprint density at radius 3 is 2.60 bits per heavy atom. The Hall–Kier alpha value is -0.730. The summed E-state index contributed by atoms with van der Waals surface area (Å²) in [6, 6.07) is 5.04. The molecule has 4 heteroatoms. The largest absolute Gasteiger partial charge is 0.326 e. The summed E-state index contributed by atoms with van der Waals surface area (Å²) in [6.45, 7) is 3.85. The SMILES string of the molecule is CC[C@@H](C)C(=O)Nc1ccc(Cl)c(Cl)c1. The van der Waals surface area contributed by atoms with E-state index in [9.17, 15) is 4.79 Å².